The first kappa shape index (κ1) is 17.3. The van der Waals surface area contributed by atoms with Crippen LogP contribution in [0.4, 0.5) is 0 Å². The largest absolute Gasteiger partial charge is 0.468 e. The molecule has 0 aromatic carbocycles. The molecule has 0 radical (unpaired) electrons. The number of carbonyl (C=O) groups excluding carboxylic acids is 2. The molecule has 1 rings (SSSR count). The van der Waals surface area contributed by atoms with Crippen LogP contribution in [0.2, 0.25) is 0 Å². The van der Waals surface area contributed by atoms with E-state index in [9.17, 15) is 9.59 Å². The standard InChI is InChI=1S/C16H26O3S/c1-11-7-6-8-16(3,4)15(11)13(17)9-12(2)20-10-14(18)19-5/h6-7,11-12,15H,8-10H2,1-5H3/t11-,12?,15-/m1/s1. The van der Waals surface area contributed by atoms with Gasteiger partial charge in [-0.2, -0.15) is 0 Å². The summed E-state index contributed by atoms with van der Waals surface area (Å²) in [5.74, 6) is 0.770. The van der Waals surface area contributed by atoms with Crippen molar-refractivity contribution < 1.29 is 14.3 Å². The molecule has 1 unspecified atom stereocenters. The number of ketones is 1. The van der Waals surface area contributed by atoms with E-state index in [0.717, 1.165) is 6.42 Å². The Balaban J connectivity index is 2.57. The average molecular weight is 298 g/mol. The molecule has 1 aliphatic carbocycles. The van der Waals surface area contributed by atoms with Crippen LogP contribution in [-0.2, 0) is 14.3 Å². The van der Waals surface area contributed by atoms with Crippen LogP contribution < -0.4 is 0 Å². The minimum Gasteiger partial charge on any atom is -0.468 e. The van der Waals surface area contributed by atoms with E-state index < -0.39 is 0 Å². The molecule has 0 aromatic rings. The number of carbonyl (C=O) groups is 2. The number of hydrogen-bond acceptors (Lipinski definition) is 4. The summed E-state index contributed by atoms with van der Waals surface area (Å²) in [6.07, 6.45) is 5.81. The van der Waals surface area contributed by atoms with Crippen molar-refractivity contribution in [3.63, 3.8) is 0 Å². The van der Waals surface area contributed by atoms with Crippen LogP contribution >= 0.6 is 11.8 Å². The minimum atomic E-state index is -0.233. The zero-order valence-electron chi connectivity index (χ0n) is 13.1. The molecule has 0 amide bonds. The third-order valence-corrected chi connectivity index (χ3v) is 5.14. The number of ether oxygens (including phenoxy) is 1. The van der Waals surface area contributed by atoms with Crippen molar-refractivity contribution in [3.05, 3.63) is 12.2 Å². The molecule has 0 saturated carbocycles. The van der Waals surface area contributed by atoms with Crippen molar-refractivity contribution in [3.8, 4) is 0 Å². The predicted molar refractivity (Wildman–Crippen MR) is 83.8 cm³/mol. The van der Waals surface area contributed by atoms with E-state index in [-0.39, 0.29) is 22.6 Å². The Bertz CT molecular complexity index is 387. The van der Waals surface area contributed by atoms with Gasteiger partial charge in [0.25, 0.3) is 0 Å². The van der Waals surface area contributed by atoms with E-state index in [0.29, 0.717) is 23.9 Å². The number of thioether (sulfide) groups is 1. The molecule has 1 aliphatic rings. The normalized spacial score (nSPS) is 26.1. The van der Waals surface area contributed by atoms with Gasteiger partial charge in [0, 0.05) is 17.6 Å². The van der Waals surface area contributed by atoms with Gasteiger partial charge in [-0.1, -0.05) is 39.8 Å². The van der Waals surface area contributed by atoms with E-state index in [2.05, 4.69) is 37.7 Å². The van der Waals surface area contributed by atoms with E-state index in [1.807, 2.05) is 6.92 Å². The van der Waals surface area contributed by atoms with Crippen molar-refractivity contribution in [2.75, 3.05) is 12.9 Å². The third-order valence-electron chi connectivity index (χ3n) is 4.00. The molecule has 0 bridgehead atoms. The van der Waals surface area contributed by atoms with Crippen LogP contribution in [0.5, 0.6) is 0 Å². The number of rotatable bonds is 6. The van der Waals surface area contributed by atoms with Gasteiger partial charge in [-0.05, 0) is 17.8 Å². The second kappa shape index (κ2) is 7.30. The summed E-state index contributed by atoms with van der Waals surface area (Å²) in [4.78, 5) is 23.7. The van der Waals surface area contributed by atoms with Crippen LogP contribution in [-0.4, -0.2) is 29.9 Å². The van der Waals surface area contributed by atoms with Crippen molar-refractivity contribution in [2.24, 2.45) is 17.3 Å². The van der Waals surface area contributed by atoms with Crippen LogP contribution in [0, 0.1) is 17.3 Å². The maximum Gasteiger partial charge on any atom is 0.315 e. The van der Waals surface area contributed by atoms with Crippen LogP contribution in [0.25, 0.3) is 0 Å². The van der Waals surface area contributed by atoms with Gasteiger partial charge in [-0.25, -0.2) is 0 Å². The van der Waals surface area contributed by atoms with Gasteiger partial charge in [0.05, 0.1) is 12.9 Å². The highest BCUT2D eigenvalue weighted by Crippen LogP contribution is 2.42. The summed E-state index contributed by atoms with van der Waals surface area (Å²) < 4.78 is 4.62. The zero-order chi connectivity index (χ0) is 15.3. The maximum absolute atomic E-state index is 12.6. The highest BCUT2D eigenvalue weighted by atomic mass is 32.2. The Labute approximate surface area is 126 Å². The molecule has 0 spiro atoms. The Hall–Kier alpha value is -0.770. The molecular formula is C16H26O3S. The van der Waals surface area contributed by atoms with Gasteiger partial charge in [0.15, 0.2) is 0 Å². The molecule has 0 saturated heterocycles. The molecule has 3 nitrogen and oxygen atoms in total. The summed E-state index contributed by atoms with van der Waals surface area (Å²) in [6.45, 7) is 8.46. The monoisotopic (exact) mass is 298 g/mol. The highest BCUT2D eigenvalue weighted by molar-refractivity contribution is 8.00. The molecule has 0 aromatic heterocycles. The van der Waals surface area contributed by atoms with Gasteiger partial charge in [0.2, 0.25) is 0 Å². The lowest BCUT2D eigenvalue weighted by atomic mass is 9.65. The maximum atomic E-state index is 12.6. The Morgan fingerprint density at radius 1 is 1.45 bits per heavy atom. The quantitative estimate of drug-likeness (QED) is 0.556. The van der Waals surface area contributed by atoms with Gasteiger partial charge >= 0.3 is 5.97 Å². The van der Waals surface area contributed by atoms with E-state index >= 15 is 0 Å². The van der Waals surface area contributed by atoms with Crippen molar-refractivity contribution >= 4 is 23.5 Å². The fourth-order valence-corrected chi connectivity index (χ4v) is 3.82. The molecule has 114 valence electrons. The number of methoxy groups -OCH3 is 1. The van der Waals surface area contributed by atoms with Gasteiger partial charge < -0.3 is 4.74 Å². The molecule has 4 heteroatoms. The summed E-state index contributed by atoms with van der Waals surface area (Å²) in [5.41, 5.74) is 0.0258. The lowest BCUT2D eigenvalue weighted by molar-refractivity contribution is -0.137. The van der Waals surface area contributed by atoms with Crippen molar-refractivity contribution in [1.29, 1.82) is 0 Å². The number of allylic oxidation sites excluding steroid dienone is 2. The molecule has 0 N–H and O–H groups in total. The summed E-state index contributed by atoms with van der Waals surface area (Å²) in [6, 6.07) is 0. The topological polar surface area (TPSA) is 43.4 Å². The molecular weight excluding hydrogens is 272 g/mol. The Morgan fingerprint density at radius 3 is 2.65 bits per heavy atom. The molecule has 20 heavy (non-hydrogen) atoms. The average Bonchev–Trinajstić information content (AvgIpc) is 2.34. The van der Waals surface area contributed by atoms with Gasteiger partial charge in [-0.15, -0.1) is 11.8 Å². The number of hydrogen-bond donors (Lipinski definition) is 0. The second-order valence-corrected chi connectivity index (χ2v) is 7.75. The molecule has 0 fully saturated rings. The lowest BCUT2D eigenvalue weighted by Gasteiger charge is -2.39. The van der Waals surface area contributed by atoms with E-state index in [1.165, 1.54) is 18.9 Å². The highest BCUT2D eigenvalue weighted by Gasteiger charge is 2.39. The van der Waals surface area contributed by atoms with E-state index in [1.54, 1.807) is 0 Å². The Kier molecular flexibility index (Phi) is 6.31. The third kappa shape index (κ3) is 4.65. The van der Waals surface area contributed by atoms with Crippen LogP contribution in [0.3, 0.4) is 0 Å². The second-order valence-electron chi connectivity index (χ2n) is 6.33. The first-order valence-corrected chi connectivity index (χ1v) is 8.20. The van der Waals surface area contributed by atoms with E-state index in [4.69, 9.17) is 0 Å². The summed E-state index contributed by atoms with van der Waals surface area (Å²) in [5, 5.41) is 0.149. The summed E-state index contributed by atoms with van der Waals surface area (Å²) >= 11 is 1.49. The van der Waals surface area contributed by atoms with Crippen LogP contribution in [0.15, 0.2) is 12.2 Å². The van der Waals surface area contributed by atoms with Crippen LogP contribution in [0.1, 0.15) is 40.5 Å². The number of esters is 1. The predicted octanol–water partition coefficient (Wildman–Crippen LogP) is 3.48. The Morgan fingerprint density at radius 2 is 2.10 bits per heavy atom. The summed E-state index contributed by atoms with van der Waals surface area (Å²) in [7, 11) is 1.39. The fourth-order valence-electron chi connectivity index (χ4n) is 3.00. The first-order valence-electron chi connectivity index (χ1n) is 7.15. The van der Waals surface area contributed by atoms with Crippen molar-refractivity contribution in [1.82, 2.24) is 0 Å². The minimum absolute atomic E-state index is 0.0258. The molecule has 3 atom stereocenters. The smallest absolute Gasteiger partial charge is 0.315 e. The molecule has 0 aliphatic heterocycles. The fraction of sp³-hybridized carbons (Fsp3) is 0.750. The van der Waals surface area contributed by atoms with Gasteiger partial charge in [-0.3, -0.25) is 9.59 Å². The SMILES string of the molecule is COC(=O)CSC(C)CC(=O)[C@H]1[C@H](C)C=CCC1(C)C. The number of Topliss-reactive ketones (excluding diaryl/α,β-unsaturated/α-hetero) is 1. The first-order chi connectivity index (χ1) is 9.27. The van der Waals surface area contributed by atoms with Crippen molar-refractivity contribution in [2.45, 2.75) is 45.8 Å². The van der Waals surface area contributed by atoms with Gasteiger partial charge in [0.1, 0.15) is 5.78 Å². The zero-order valence-corrected chi connectivity index (χ0v) is 14.0. The lowest BCUT2D eigenvalue weighted by Crippen LogP contribution is -2.38. The molecule has 0 heterocycles.